The van der Waals surface area contributed by atoms with Gasteiger partial charge in [-0.3, -0.25) is 0 Å². The molecule has 2 heterocycles. The lowest BCUT2D eigenvalue weighted by molar-refractivity contribution is 0.159. The topological polar surface area (TPSA) is 69.7 Å². The normalized spacial score (nSPS) is 26.0. The van der Waals surface area contributed by atoms with Crippen LogP contribution in [0.1, 0.15) is 32.1 Å². The average Bonchev–Trinajstić information content (AvgIpc) is 3.11. The van der Waals surface area contributed by atoms with Gasteiger partial charge in [0.1, 0.15) is 0 Å². The first-order valence-electron chi connectivity index (χ1n) is 7.12. The van der Waals surface area contributed by atoms with Gasteiger partial charge in [0.15, 0.2) is 0 Å². The van der Waals surface area contributed by atoms with Gasteiger partial charge in [0, 0.05) is 32.2 Å². The highest BCUT2D eigenvalue weighted by Crippen LogP contribution is 2.32. The van der Waals surface area contributed by atoms with Crippen LogP contribution in [-0.2, 0) is 10.0 Å². The lowest BCUT2D eigenvalue weighted by Gasteiger charge is -2.35. The number of hydrogen-bond donors (Lipinski definition) is 1. The van der Waals surface area contributed by atoms with Crippen molar-refractivity contribution in [3.05, 3.63) is 0 Å². The van der Waals surface area contributed by atoms with E-state index in [4.69, 9.17) is 0 Å². The van der Waals surface area contributed by atoms with E-state index in [0.29, 0.717) is 13.1 Å². The molecule has 0 unspecified atom stereocenters. The molecule has 3 rings (SSSR count). The predicted molar refractivity (Wildman–Crippen MR) is 71.3 cm³/mol. The van der Waals surface area contributed by atoms with Crippen LogP contribution >= 0.6 is 0 Å². The molecule has 2 amide bonds. The van der Waals surface area contributed by atoms with Crippen LogP contribution < -0.4 is 5.32 Å². The van der Waals surface area contributed by atoms with Crippen LogP contribution in [-0.4, -0.2) is 61.1 Å². The molecule has 3 fully saturated rings. The molecular weight excluding hydrogens is 266 g/mol. The number of nitrogens with one attached hydrogen (secondary N) is 1. The maximum atomic E-state index is 12.1. The molecule has 0 atom stereocenters. The fourth-order valence-electron chi connectivity index (χ4n) is 2.62. The van der Waals surface area contributed by atoms with Gasteiger partial charge < -0.3 is 10.2 Å². The first kappa shape index (κ1) is 13.2. The molecule has 0 aromatic rings. The monoisotopic (exact) mass is 287 g/mol. The Bertz CT molecular complexity index is 449. The summed E-state index contributed by atoms with van der Waals surface area (Å²) in [5, 5.41) is 2.88. The van der Waals surface area contributed by atoms with Gasteiger partial charge in [-0.2, -0.15) is 0 Å². The van der Waals surface area contributed by atoms with E-state index in [0.717, 1.165) is 45.2 Å². The molecule has 1 aliphatic carbocycles. The van der Waals surface area contributed by atoms with E-state index in [-0.39, 0.29) is 17.3 Å². The van der Waals surface area contributed by atoms with Crippen LogP contribution in [0.4, 0.5) is 4.79 Å². The Labute approximate surface area is 114 Å². The minimum atomic E-state index is -3.04. The highest BCUT2D eigenvalue weighted by molar-refractivity contribution is 7.90. The smallest absolute Gasteiger partial charge is 0.317 e. The van der Waals surface area contributed by atoms with E-state index in [2.05, 4.69) is 5.32 Å². The third kappa shape index (κ3) is 2.72. The van der Waals surface area contributed by atoms with Crippen molar-refractivity contribution >= 4 is 16.1 Å². The zero-order valence-corrected chi connectivity index (χ0v) is 11.9. The van der Waals surface area contributed by atoms with E-state index < -0.39 is 10.0 Å². The van der Waals surface area contributed by atoms with Gasteiger partial charge >= 0.3 is 6.03 Å². The predicted octanol–water partition coefficient (Wildman–Crippen LogP) is 0.358. The molecule has 7 heteroatoms. The molecule has 1 saturated carbocycles. The Hall–Kier alpha value is -0.820. The highest BCUT2D eigenvalue weighted by Gasteiger charge is 2.41. The third-order valence-corrected chi connectivity index (χ3v) is 6.63. The van der Waals surface area contributed by atoms with Crippen LogP contribution in [0.5, 0.6) is 0 Å². The summed E-state index contributed by atoms with van der Waals surface area (Å²) in [4.78, 5) is 13.6. The summed E-state index contributed by atoms with van der Waals surface area (Å²) < 4.78 is 25.7. The van der Waals surface area contributed by atoms with Crippen LogP contribution in [0.25, 0.3) is 0 Å². The number of carbonyl (C=O) groups excluding carboxylic acids is 1. The number of rotatable bonds is 3. The largest absolute Gasteiger partial charge is 0.335 e. The quantitative estimate of drug-likeness (QED) is 0.815. The number of piperidine rings is 1. The van der Waals surface area contributed by atoms with Gasteiger partial charge in [0.2, 0.25) is 10.0 Å². The Morgan fingerprint density at radius 1 is 1.00 bits per heavy atom. The van der Waals surface area contributed by atoms with Crippen LogP contribution in [0.3, 0.4) is 0 Å². The Morgan fingerprint density at radius 2 is 1.63 bits per heavy atom. The molecule has 1 N–H and O–H groups in total. The number of sulfonamides is 1. The fraction of sp³-hybridized carbons (Fsp3) is 0.917. The van der Waals surface area contributed by atoms with Crippen molar-refractivity contribution in [3.8, 4) is 0 Å². The van der Waals surface area contributed by atoms with Gasteiger partial charge in [-0.05, 0) is 32.1 Å². The Balaban J connectivity index is 1.47. The van der Waals surface area contributed by atoms with Crippen LogP contribution in [0, 0.1) is 0 Å². The maximum Gasteiger partial charge on any atom is 0.317 e. The number of amides is 2. The van der Waals surface area contributed by atoms with Gasteiger partial charge in [-0.25, -0.2) is 17.5 Å². The Kier molecular flexibility index (Phi) is 3.42. The second-order valence-electron chi connectivity index (χ2n) is 5.71. The molecule has 19 heavy (non-hydrogen) atoms. The molecule has 0 aromatic carbocycles. The number of carbonyl (C=O) groups is 1. The van der Waals surface area contributed by atoms with Crippen molar-refractivity contribution < 1.29 is 13.2 Å². The van der Waals surface area contributed by atoms with Crippen LogP contribution in [0.2, 0.25) is 0 Å². The lowest BCUT2D eigenvalue weighted by Crippen LogP contribution is -2.53. The molecule has 0 aromatic heterocycles. The van der Waals surface area contributed by atoms with Gasteiger partial charge in [-0.1, -0.05) is 0 Å². The molecule has 2 aliphatic heterocycles. The van der Waals surface area contributed by atoms with Crippen molar-refractivity contribution in [1.29, 1.82) is 0 Å². The lowest BCUT2D eigenvalue weighted by atomic mass is 10.1. The first-order chi connectivity index (χ1) is 9.07. The van der Waals surface area contributed by atoms with E-state index in [1.54, 1.807) is 9.21 Å². The molecule has 6 nitrogen and oxygen atoms in total. The summed E-state index contributed by atoms with van der Waals surface area (Å²) in [5.41, 5.74) is 0. The number of likely N-dealkylation sites (tertiary alicyclic amines) is 1. The standard InChI is InChI=1S/C12H21N3O3S/c16-12(14-6-1-7-14)13-10-4-8-15(9-5-10)19(17,18)11-2-3-11/h10-11H,1-9H2,(H,13,16). The van der Waals surface area contributed by atoms with Gasteiger partial charge in [0.25, 0.3) is 0 Å². The number of hydrogen-bond acceptors (Lipinski definition) is 3. The summed E-state index contributed by atoms with van der Waals surface area (Å²) in [7, 11) is -3.04. The van der Waals surface area contributed by atoms with Crippen molar-refractivity contribution in [2.45, 2.75) is 43.4 Å². The highest BCUT2D eigenvalue weighted by atomic mass is 32.2. The minimum Gasteiger partial charge on any atom is -0.335 e. The first-order valence-corrected chi connectivity index (χ1v) is 8.62. The Morgan fingerprint density at radius 3 is 2.11 bits per heavy atom. The van der Waals surface area contributed by atoms with Crippen LogP contribution in [0.15, 0.2) is 0 Å². The molecule has 0 radical (unpaired) electrons. The summed E-state index contributed by atoms with van der Waals surface area (Å²) >= 11 is 0. The zero-order chi connectivity index (χ0) is 13.5. The molecular formula is C12H21N3O3S. The summed E-state index contributed by atoms with van der Waals surface area (Å²) in [6.07, 6.45) is 4.17. The maximum absolute atomic E-state index is 12.1. The molecule has 2 saturated heterocycles. The van der Waals surface area contributed by atoms with Crippen molar-refractivity contribution in [1.82, 2.24) is 14.5 Å². The minimum absolute atomic E-state index is 0.00903. The second-order valence-corrected chi connectivity index (χ2v) is 7.92. The van der Waals surface area contributed by atoms with E-state index in [1.165, 1.54) is 0 Å². The van der Waals surface area contributed by atoms with Gasteiger partial charge in [-0.15, -0.1) is 0 Å². The van der Waals surface area contributed by atoms with E-state index >= 15 is 0 Å². The zero-order valence-electron chi connectivity index (χ0n) is 11.0. The molecule has 108 valence electrons. The molecule has 0 bridgehead atoms. The SMILES string of the molecule is O=C(NC1CCN(S(=O)(=O)C2CC2)CC1)N1CCC1. The van der Waals surface area contributed by atoms with E-state index in [9.17, 15) is 13.2 Å². The van der Waals surface area contributed by atoms with Crippen molar-refractivity contribution in [2.24, 2.45) is 0 Å². The van der Waals surface area contributed by atoms with E-state index in [1.807, 2.05) is 0 Å². The van der Waals surface area contributed by atoms with Crippen molar-refractivity contribution in [3.63, 3.8) is 0 Å². The second kappa shape index (κ2) is 4.94. The molecule has 3 aliphatic rings. The summed E-state index contributed by atoms with van der Waals surface area (Å²) in [6.45, 7) is 2.79. The average molecular weight is 287 g/mol. The fourth-order valence-corrected chi connectivity index (χ4v) is 4.49. The van der Waals surface area contributed by atoms with Crippen molar-refractivity contribution in [2.75, 3.05) is 26.2 Å². The third-order valence-electron chi connectivity index (χ3n) is 4.23. The number of urea groups is 1. The summed E-state index contributed by atoms with van der Waals surface area (Å²) in [5.74, 6) is 0. The number of nitrogens with zero attached hydrogens (tertiary/aromatic N) is 2. The summed E-state index contributed by atoms with van der Waals surface area (Å²) in [6, 6.07) is 0.133. The molecule has 0 spiro atoms. The van der Waals surface area contributed by atoms with Gasteiger partial charge in [0.05, 0.1) is 5.25 Å².